The molecule has 0 saturated carbocycles. The molecule has 0 aliphatic heterocycles. The Labute approximate surface area is 81.9 Å². The number of nitrogens with one attached hydrogen (secondary N) is 1. The number of carbonyl (C=O) groups excluding carboxylic acids is 1. The van der Waals surface area contributed by atoms with E-state index in [2.05, 4.69) is 5.32 Å². The lowest BCUT2D eigenvalue weighted by Crippen LogP contribution is -2.16. The van der Waals surface area contributed by atoms with Gasteiger partial charge in [-0.05, 0) is 12.1 Å². The molecule has 0 aliphatic rings. The van der Waals surface area contributed by atoms with Crippen molar-refractivity contribution in [1.29, 1.82) is 0 Å². The molecule has 70 valence electrons. The Balaban J connectivity index is 2.63. The Morgan fingerprint density at radius 1 is 1.46 bits per heavy atom. The number of rotatable bonds is 3. The van der Waals surface area contributed by atoms with Crippen LogP contribution in [-0.2, 0) is 4.79 Å². The van der Waals surface area contributed by atoms with Crippen molar-refractivity contribution in [2.75, 3.05) is 11.9 Å². The lowest BCUT2D eigenvalue weighted by molar-refractivity contribution is -0.116. The van der Waals surface area contributed by atoms with Gasteiger partial charge in [0.25, 0.3) is 0 Å². The molecule has 0 aliphatic carbocycles. The van der Waals surface area contributed by atoms with Gasteiger partial charge in [-0.25, -0.2) is 0 Å². The van der Waals surface area contributed by atoms with Crippen molar-refractivity contribution in [3.8, 4) is 0 Å². The molecule has 0 radical (unpaired) electrons. The summed E-state index contributed by atoms with van der Waals surface area (Å²) in [5.74, 6) is -0.115. The van der Waals surface area contributed by atoms with E-state index in [1.165, 1.54) is 0 Å². The maximum Gasteiger partial charge on any atom is 0.225 e. The maximum absolute atomic E-state index is 11.1. The Morgan fingerprint density at radius 2 is 2.15 bits per heavy atom. The lowest BCUT2D eigenvalue weighted by Gasteiger charge is -2.05. The van der Waals surface area contributed by atoms with Crippen molar-refractivity contribution >= 4 is 23.2 Å². The summed E-state index contributed by atoms with van der Waals surface area (Å²) in [5.41, 5.74) is 5.85. The van der Waals surface area contributed by atoms with Gasteiger partial charge in [0.05, 0.1) is 10.7 Å². The number of benzene rings is 1. The van der Waals surface area contributed by atoms with Crippen LogP contribution < -0.4 is 11.1 Å². The van der Waals surface area contributed by atoms with E-state index in [0.29, 0.717) is 23.7 Å². The first-order chi connectivity index (χ1) is 6.24. The summed E-state index contributed by atoms with van der Waals surface area (Å²) in [4.78, 5) is 11.1. The molecule has 0 bridgehead atoms. The minimum Gasteiger partial charge on any atom is -0.330 e. The fourth-order valence-corrected chi connectivity index (χ4v) is 1.09. The quantitative estimate of drug-likeness (QED) is 0.776. The Morgan fingerprint density at radius 3 is 2.77 bits per heavy atom. The third-order valence-corrected chi connectivity index (χ3v) is 1.85. The number of hydrogen-bond acceptors (Lipinski definition) is 2. The van der Waals surface area contributed by atoms with Gasteiger partial charge in [-0.2, -0.15) is 0 Å². The van der Waals surface area contributed by atoms with Gasteiger partial charge in [-0.1, -0.05) is 23.7 Å². The monoisotopic (exact) mass is 198 g/mol. The molecule has 4 heteroatoms. The summed E-state index contributed by atoms with van der Waals surface area (Å²) in [5, 5.41) is 3.20. The average molecular weight is 199 g/mol. The minimum atomic E-state index is -0.115. The van der Waals surface area contributed by atoms with Crippen LogP contribution >= 0.6 is 11.6 Å². The maximum atomic E-state index is 11.1. The van der Waals surface area contributed by atoms with Gasteiger partial charge in [0.15, 0.2) is 0 Å². The normalized spacial score (nSPS) is 9.69. The molecule has 1 aromatic carbocycles. The summed E-state index contributed by atoms with van der Waals surface area (Å²) in [6, 6.07) is 7.08. The number of carbonyl (C=O) groups is 1. The third kappa shape index (κ3) is 3.05. The first-order valence-electron chi connectivity index (χ1n) is 3.98. The van der Waals surface area contributed by atoms with E-state index in [1.54, 1.807) is 18.2 Å². The van der Waals surface area contributed by atoms with Crippen LogP contribution in [0.25, 0.3) is 0 Å². The molecule has 0 spiro atoms. The second-order valence-electron chi connectivity index (χ2n) is 2.57. The number of anilines is 1. The van der Waals surface area contributed by atoms with E-state index >= 15 is 0 Å². The van der Waals surface area contributed by atoms with E-state index in [-0.39, 0.29) is 5.91 Å². The number of halogens is 1. The van der Waals surface area contributed by atoms with Crippen molar-refractivity contribution in [1.82, 2.24) is 0 Å². The standard InChI is InChI=1S/C9H11ClN2O/c10-7-3-1-2-4-8(7)12-9(13)5-6-11/h1-4H,5-6,11H2,(H,12,13). The first kappa shape index (κ1) is 10.0. The number of amides is 1. The Hall–Kier alpha value is -1.06. The number of hydrogen-bond donors (Lipinski definition) is 2. The smallest absolute Gasteiger partial charge is 0.225 e. The highest BCUT2D eigenvalue weighted by atomic mass is 35.5. The molecule has 0 unspecified atom stereocenters. The van der Waals surface area contributed by atoms with Crippen molar-refractivity contribution in [2.45, 2.75) is 6.42 Å². The van der Waals surface area contributed by atoms with Gasteiger partial charge in [-0.15, -0.1) is 0 Å². The van der Waals surface area contributed by atoms with Crippen LogP contribution in [0.5, 0.6) is 0 Å². The summed E-state index contributed by atoms with van der Waals surface area (Å²) in [6.07, 6.45) is 0.311. The Bertz CT molecular complexity index is 301. The molecule has 1 amide bonds. The zero-order chi connectivity index (χ0) is 9.68. The number of para-hydroxylation sites is 1. The van der Waals surface area contributed by atoms with Gasteiger partial charge in [0, 0.05) is 13.0 Å². The molecule has 1 aromatic rings. The topological polar surface area (TPSA) is 55.1 Å². The van der Waals surface area contributed by atoms with Crippen LogP contribution in [-0.4, -0.2) is 12.5 Å². The second kappa shape index (κ2) is 4.84. The zero-order valence-corrected chi connectivity index (χ0v) is 7.84. The summed E-state index contributed by atoms with van der Waals surface area (Å²) < 4.78 is 0. The lowest BCUT2D eigenvalue weighted by atomic mass is 10.3. The Kier molecular flexibility index (Phi) is 3.73. The van der Waals surface area contributed by atoms with Crippen LogP contribution in [0, 0.1) is 0 Å². The summed E-state index contributed by atoms with van der Waals surface area (Å²) in [7, 11) is 0. The first-order valence-corrected chi connectivity index (χ1v) is 4.36. The van der Waals surface area contributed by atoms with Crippen LogP contribution in [0.3, 0.4) is 0 Å². The summed E-state index contributed by atoms with van der Waals surface area (Å²) in [6.45, 7) is 0.344. The molecule has 0 fully saturated rings. The van der Waals surface area contributed by atoms with E-state index in [9.17, 15) is 4.79 Å². The predicted octanol–water partition coefficient (Wildman–Crippen LogP) is 1.63. The molecular weight excluding hydrogens is 188 g/mol. The van der Waals surface area contributed by atoms with Crippen LogP contribution in [0.4, 0.5) is 5.69 Å². The number of nitrogens with two attached hydrogens (primary N) is 1. The van der Waals surface area contributed by atoms with Gasteiger partial charge in [-0.3, -0.25) is 4.79 Å². The predicted molar refractivity (Wildman–Crippen MR) is 53.8 cm³/mol. The van der Waals surface area contributed by atoms with Crippen LogP contribution in [0.2, 0.25) is 5.02 Å². The highest BCUT2D eigenvalue weighted by Gasteiger charge is 2.02. The van der Waals surface area contributed by atoms with E-state index < -0.39 is 0 Å². The molecule has 0 saturated heterocycles. The molecule has 0 aromatic heterocycles. The zero-order valence-electron chi connectivity index (χ0n) is 7.09. The van der Waals surface area contributed by atoms with Crippen LogP contribution in [0.1, 0.15) is 6.42 Å². The fraction of sp³-hybridized carbons (Fsp3) is 0.222. The van der Waals surface area contributed by atoms with Crippen molar-refractivity contribution in [2.24, 2.45) is 5.73 Å². The third-order valence-electron chi connectivity index (χ3n) is 1.52. The van der Waals surface area contributed by atoms with Gasteiger partial charge in [0.2, 0.25) is 5.91 Å². The highest BCUT2D eigenvalue weighted by Crippen LogP contribution is 2.20. The molecule has 3 nitrogen and oxygen atoms in total. The highest BCUT2D eigenvalue weighted by molar-refractivity contribution is 6.33. The van der Waals surface area contributed by atoms with Crippen LogP contribution in [0.15, 0.2) is 24.3 Å². The van der Waals surface area contributed by atoms with E-state index in [0.717, 1.165) is 0 Å². The largest absolute Gasteiger partial charge is 0.330 e. The summed E-state index contributed by atoms with van der Waals surface area (Å²) >= 11 is 5.82. The molecule has 0 atom stereocenters. The second-order valence-corrected chi connectivity index (χ2v) is 2.97. The average Bonchev–Trinajstić information content (AvgIpc) is 2.09. The van der Waals surface area contributed by atoms with E-state index in [4.69, 9.17) is 17.3 Å². The van der Waals surface area contributed by atoms with Gasteiger partial charge in [0.1, 0.15) is 0 Å². The molecular formula is C9H11ClN2O. The molecule has 1 rings (SSSR count). The fourth-order valence-electron chi connectivity index (χ4n) is 0.906. The van der Waals surface area contributed by atoms with Gasteiger partial charge >= 0.3 is 0 Å². The van der Waals surface area contributed by atoms with Crippen molar-refractivity contribution in [3.05, 3.63) is 29.3 Å². The van der Waals surface area contributed by atoms with Crippen molar-refractivity contribution < 1.29 is 4.79 Å². The molecule has 3 N–H and O–H groups in total. The SMILES string of the molecule is NCCC(=O)Nc1ccccc1Cl. The van der Waals surface area contributed by atoms with Crippen molar-refractivity contribution in [3.63, 3.8) is 0 Å². The molecule has 13 heavy (non-hydrogen) atoms. The van der Waals surface area contributed by atoms with E-state index in [1.807, 2.05) is 6.07 Å². The van der Waals surface area contributed by atoms with Gasteiger partial charge < -0.3 is 11.1 Å². The minimum absolute atomic E-state index is 0.115. The molecule has 0 heterocycles.